The minimum Gasteiger partial charge on any atom is -0.478 e. The molecule has 0 unspecified atom stereocenters. The molecule has 4 nitrogen and oxygen atoms in total. The first-order valence-corrected chi connectivity index (χ1v) is 9.43. The number of hydrogen-bond acceptors (Lipinski definition) is 4. The number of aryl methyl sites for hydroxylation is 4. The van der Waals surface area contributed by atoms with Crippen molar-refractivity contribution in [3.63, 3.8) is 0 Å². The molecule has 0 aliphatic rings. The van der Waals surface area contributed by atoms with Crippen LogP contribution in [0, 0.1) is 27.7 Å². The van der Waals surface area contributed by atoms with Crippen LogP contribution >= 0.6 is 12.6 Å². The van der Waals surface area contributed by atoms with Crippen LogP contribution in [0.25, 0.3) is 6.08 Å². The first kappa shape index (κ1) is 21.8. The molecule has 2 rings (SSSR count). The van der Waals surface area contributed by atoms with Crippen molar-refractivity contribution in [2.45, 2.75) is 52.0 Å². The lowest BCUT2D eigenvalue weighted by atomic mass is 10.0. The van der Waals surface area contributed by atoms with E-state index in [0.29, 0.717) is 11.3 Å². The van der Waals surface area contributed by atoms with Gasteiger partial charge in [0, 0.05) is 10.5 Å². The largest absolute Gasteiger partial charge is 0.478 e. The van der Waals surface area contributed by atoms with Gasteiger partial charge in [-0.3, -0.25) is 4.79 Å². The van der Waals surface area contributed by atoms with Gasteiger partial charge < -0.3 is 9.84 Å². The molecular weight excluding hydrogens is 372 g/mol. The molecule has 0 heterocycles. The number of thiol groups is 1. The summed E-state index contributed by atoms with van der Waals surface area (Å²) in [6.45, 7) is 10.6. The zero-order chi connectivity index (χ0) is 21.2. The Morgan fingerprint density at radius 2 is 1.46 bits per heavy atom. The fourth-order valence-corrected chi connectivity index (χ4v) is 3.04. The van der Waals surface area contributed by atoms with Gasteiger partial charge >= 0.3 is 5.97 Å². The maximum atomic E-state index is 12.5. The summed E-state index contributed by atoms with van der Waals surface area (Å²) in [5.41, 5.74) is 3.71. The maximum Gasteiger partial charge on any atom is 0.347 e. The summed E-state index contributed by atoms with van der Waals surface area (Å²) >= 11 is 4.43. The number of carboxylic acid groups (broad SMARTS) is 1. The number of benzene rings is 2. The van der Waals surface area contributed by atoms with Crippen molar-refractivity contribution in [1.82, 2.24) is 0 Å². The molecule has 2 aromatic rings. The highest BCUT2D eigenvalue weighted by Crippen LogP contribution is 2.29. The first-order valence-electron chi connectivity index (χ1n) is 8.98. The van der Waals surface area contributed by atoms with E-state index >= 15 is 0 Å². The molecule has 5 heteroatoms. The Labute approximate surface area is 171 Å². The summed E-state index contributed by atoms with van der Waals surface area (Å²) in [6.07, 6.45) is 3.30. The van der Waals surface area contributed by atoms with E-state index in [1.807, 2.05) is 52.0 Å². The number of aliphatic carboxylic acids is 1. The molecule has 0 atom stereocenters. The fourth-order valence-electron chi connectivity index (χ4n) is 2.91. The molecule has 2 aromatic carbocycles. The lowest BCUT2D eigenvalue weighted by Crippen LogP contribution is -2.38. The highest BCUT2D eigenvalue weighted by atomic mass is 32.1. The van der Waals surface area contributed by atoms with Crippen molar-refractivity contribution >= 4 is 30.5 Å². The third kappa shape index (κ3) is 4.84. The third-order valence-corrected chi connectivity index (χ3v) is 5.26. The molecule has 1 N–H and O–H groups in total. The van der Waals surface area contributed by atoms with Crippen LogP contribution in [0.5, 0.6) is 5.75 Å². The van der Waals surface area contributed by atoms with Crippen LogP contribution < -0.4 is 4.74 Å². The van der Waals surface area contributed by atoms with Gasteiger partial charge in [-0.25, -0.2) is 4.79 Å². The number of ketones is 1. The predicted molar refractivity (Wildman–Crippen MR) is 115 cm³/mol. The average molecular weight is 399 g/mol. The van der Waals surface area contributed by atoms with E-state index in [4.69, 9.17) is 4.74 Å². The number of carbonyl (C=O) groups is 2. The summed E-state index contributed by atoms with van der Waals surface area (Å²) in [6, 6.07) is 7.42. The zero-order valence-electron chi connectivity index (χ0n) is 17.1. The predicted octanol–water partition coefficient (Wildman–Crippen LogP) is 5.35. The van der Waals surface area contributed by atoms with Gasteiger partial charge in [-0.15, -0.1) is 12.6 Å². The van der Waals surface area contributed by atoms with E-state index in [9.17, 15) is 14.7 Å². The van der Waals surface area contributed by atoms with Crippen molar-refractivity contribution in [2.24, 2.45) is 0 Å². The van der Waals surface area contributed by atoms with Crippen LogP contribution in [0.1, 0.15) is 52.0 Å². The molecule has 0 aromatic heterocycles. The molecule has 28 heavy (non-hydrogen) atoms. The standard InChI is InChI=1S/C23H26O4S/c1-13-9-17(10-14(2)20(13)27-23(5,6)22(25)26)7-8-19(24)18-11-15(3)21(28)16(4)12-18/h7-12,28H,1-6H3,(H,25,26). The van der Waals surface area contributed by atoms with Gasteiger partial charge in [-0.1, -0.05) is 6.08 Å². The molecule has 0 saturated carbocycles. The van der Waals surface area contributed by atoms with Crippen LogP contribution in [0.2, 0.25) is 0 Å². The highest BCUT2D eigenvalue weighted by molar-refractivity contribution is 7.80. The Kier molecular flexibility index (Phi) is 6.40. The quantitative estimate of drug-likeness (QED) is 0.391. The Bertz CT molecular complexity index is 925. The molecule has 0 radical (unpaired) electrons. The van der Waals surface area contributed by atoms with E-state index in [1.165, 1.54) is 13.8 Å². The van der Waals surface area contributed by atoms with Crippen LogP contribution in [0.4, 0.5) is 0 Å². The monoisotopic (exact) mass is 398 g/mol. The molecule has 0 amide bonds. The maximum absolute atomic E-state index is 12.5. The number of carboxylic acids is 1. The van der Waals surface area contributed by atoms with Crippen molar-refractivity contribution in [3.8, 4) is 5.75 Å². The molecule has 148 valence electrons. The Morgan fingerprint density at radius 3 is 1.93 bits per heavy atom. The van der Waals surface area contributed by atoms with Gasteiger partial charge in [0.15, 0.2) is 11.4 Å². The van der Waals surface area contributed by atoms with Crippen molar-refractivity contribution in [2.75, 3.05) is 0 Å². The Hall–Kier alpha value is -2.53. The van der Waals surface area contributed by atoms with Gasteiger partial charge in [-0.05, 0) is 99.7 Å². The molecule has 0 fully saturated rings. The van der Waals surface area contributed by atoms with Crippen LogP contribution in [0.3, 0.4) is 0 Å². The van der Waals surface area contributed by atoms with Crippen molar-refractivity contribution in [1.29, 1.82) is 0 Å². The topological polar surface area (TPSA) is 63.6 Å². The number of hydrogen-bond donors (Lipinski definition) is 2. The summed E-state index contributed by atoms with van der Waals surface area (Å²) < 4.78 is 5.71. The first-order chi connectivity index (χ1) is 12.9. The van der Waals surface area contributed by atoms with Gasteiger partial charge in [0.2, 0.25) is 0 Å². The van der Waals surface area contributed by atoms with E-state index < -0.39 is 11.6 Å². The molecule has 0 aliphatic carbocycles. The van der Waals surface area contributed by atoms with E-state index in [0.717, 1.165) is 32.7 Å². The van der Waals surface area contributed by atoms with E-state index in [1.54, 1.807) is 12.2 Å². The number of carbonyl (C=O) groups excluding carboxylic acids is 1. The van der Waals surface area contributed by atoms with Crippen LogP contribution in [-0.2, 0) is 4.79 Å². The number of rotatable bonds is 6. The SMILES string of the molecule is Cc1cc(C(=O)C=Cc2cc(C)c(OC(C)(C)C(=O)O)c(C)c2)cc(C)c1S. The molecular formula is C23H26O4S. The van der Waals surface area contributed by atoms with Crippen LogP contribution in [0.15, 0.2) is 35.2 Å². The zero-order valence-corrected chi connectivity index (χ0v) is 18.0. The summed E-state index contributed by atoms with van der Waals surface area (Å²) in [7, 11) is 0. The van der Waals surface area contributed by atoms with Gasteiger partial charge in [0.05, 0.1) is 0 Å². The fraction of sp³-hybridized carbons (Fsp3) is 0.304. The Morgan fingerprint density at radius 1 is 0.964 bits per heavy atom. The van der Waals surface area contributed by atoms with Crippen molar-refractivity contribution < 1.29 is 19.4 Å². The number of allylic oxidation sites excluding steroid dienone is 1. The second-order valence-electron chi connectivity index (χ2n) is 7.56. The lowest BCUT2D eigenvalue weighted by molar-refractivity contribution is -0.152. The van der Waals surface area contributed by atoms with Gasteiger partial charge in [-0.2, -0.15) is 0 Å². The smallest absolute Gasteiger partial charge is 0.347 e. The van der Waals surface area contributed by atoms with Gasteiger partial charge in [0.25, 0.3) is 0 Å². The molecule has 0 bridgehead atoms. The van der Waals surface area contributed by atoms with Gasteiger partial charge in [0.1, 0.15) is 5.75 Å². The van der Waals surface area contributed by atoms with Crippen molar-refractivity contribution in [3.05, 3.63) is 63.7 Å². The minimum atomic E-state index is -1.32. The summed E-state index contributed by atoms with van der Waals surface area (Å²) in [5, 5.41) is 9.27. The number of ether oxygens (including phenoxy) is 1. The lowest BCUT2D eigenvalue weighted by Gasteiger charge is -2.24. The normalized spacial score (nSPS) is 11.7. The van der Waals surface area contributed by atoms with E-state index in [-0.39, 0.29) is 5.78 Å². The summed E-state index contributed by atoms with van der Waals surface area (Å²) in [5.74, 6) is -0.563. The van der Waals surface area contributed by atoms with Crippen LogP contribution in [-0.4, -0.2) is 22.5 Å². The summed E-state index contributed by atoms with van der Waals surface area (Å²) in [4.78, 5) is 24.7. The second kappa shape index (κ2) is 8.23. The second-order valence-corrected chi connectivity index (χ2v) is 8.00. The Balaban J connectivity index is 2.28. The van der Waals surface area contributed by atoms with E-state index in [2.05, 4.69) is 12.6 Å². The third-order valence-electron chi connectivity index (χ3n) is 4.56. The molecule has 0 aliphatic heterocycles. The average Bonchev–Trinajstić information content (AvgIpc) is 2.60. The highest BCUT2D eigenvalue weighted by Gasteiger charge is 2.30. The minimum absolute atomic E-state index is 0.0813. The molecule has 0 spiro atoms. The molecule has 0 saturated heterocycles.